The number of hydrogen-bond donors (Lipinski definition) is 1. The average molecular weight is 459 g/mol. The number of oxime groups is 1. The second-order valence-corrected chi connectivity index (χ2v) is 7.12. The van der Waals surface area contributed by atoms with Crippen LogP contribution in [0.4, 0.5) is 10.5 Å². The number of nitrogens with one attached hydrogen (secondary N) is 1. The molecule has 0 fully saturated rings. The molecule has 0 spiro atoms. The van der Waals surface area contributed by atoms with Crippen molar-refractivity contribution < 1.29 is 14.2 Å². The van der Waals surface area contributed by atoms with Crippen molar-refractivity contribution in [1.29, 1.82) is 0 Å². The van der Waals surface area contributed by atoms with Crippen LogP contribution in [-0.4, -0.2) is 17.5 Å². The summed E-state index contributed by atoms with van der Waals surface area (Å²) in [4.78, 5) is 16.9. The first-order valence-electron chi connectivity index (χ1n) is 7.74. The number of nitrogens with zero attached hydrogens (tertiary/aromatic N) is 2. The molecule has 1 amide bonds. The molecule has 0 atom stereocenters. The molecule has 1 heterocycles. The van der Waals surface area contributed by atoms with E-state index >= 15 is 0 Å². The van der Waals surface area contributed by atoms with Gasteiger partial charge in [0.05, 0.1) is 21.3 Å². The lowest BCUT2D eigenvalue weighted by molar-refractivity contribution is 0.167. The quantitative estimate of drug-likeness (QED) is 0.263. The van der Waals surface area contributed by atoms with Gasteiger partial charge in [0, 0.05) is 16.1 Å². The molecule has 0 aliphatic heterocycles. The van der Waals surface area contributed by atoms with Crippen molar-refractivity contribution in [2.24, 2.45) is 5.16 Å². The van der Waals surface area contributed by atoms with Crippen molar-refractivity contribution >= 4 is 64.4 Å². The minimum absolute atomic E-state index is 0.264. The van der Waals surface area contributed by atoms with E-state index in [0.717, 1.165) is 0 Å². The number of amides is 1. The van der Waals surface area contributed by atoms with Crippen LogP contribution in [0.5, 0.6) is 0 Å². The molecule has 28 heavy (non-hydrogen) atoms. The Labute approximate surface area is 179 Å². The molecular formula is C18H11Cl4N3O3. The number of carbonyl (C=O) groups excluding carboxylic acids is 1. The van der Waals surface area contributed by atoms with Crippen molar-refractivity contribution in [2.45, 2.75) is 6.92 Å². The largest absolute Gasteiger partial charge is 0.438 e. The molecular weight excluding hydrogens is 448 g/mol. The Morgan fingerprint density at radius 1 is 1.14 bits per heavy atom. The molecule has 0 saturated carbocycles. The van der Waals surface area contributed by atoms with Crippen LogP contribution in [0.25, 0.3) is 11.3 Å². The van der Waals surface area contributed by atoms with Gasteiger partial charge in [-0.25, -0.2) is 4.79 Å². The third kappa shape index (κ3) is 4.59. The zero-order valence-corrected chi connectivity index (χ0v) is 17.2. The summed E-state index contributed by atoms with van der Waals surface area (Å²) >= 11 is 24.3. The van der Waals surface area contributed by atoms with Gasteiger partial charge in [0.15, 0.2) is 5.76 Å². The number of carbonyl (C=O) groups is 1. The highest BCUT2D eigenvalue weighted by Gasteiger charge is 2.21. The lowest BCUT2D eigenvalue weighted by Crippen LogP contribution is -2.12. The molecule has 0 aliphatic rings. The van der Waals surface area contributed by atoms with Crippen LogP contribution in [0.2, 0.25) is 20.1 Å². The van der Waals surface area contributed by atoms with E-state index in [2.05, 4.69) is 15.6 Å². The summed E-state index contributed by atoms with van der Waals surface area (Å²) in [5.74, 6) is 0.340. The van der Waals surface area contributed by atoms with Gasteiger partial charge in [0.1, 0.15) is 11.4 Å². The standard InChI is InChI=1S/C18H11Cl4N3O3/c1-9-16(17(25-27-9)15-12(20)3-2-4-13(15)21)24-18(26)28-23-8-10-5-6-11(19)7-14(10)22/h2-8H,1H3,(H,24,26)/b23-8+. The van der Waals surface area contributed by atoms with Crippen LogP contribution in [0.1, 0.15) is 11.3 Å². The predicted molar refractivity (Wildman–Crippen MR) is 111 cm³/mol. The summed E-state index contributed by atoms with van der Waals surface area (Å²) in [7, 11) is 0. The van der Waals surface area contributed by atoms with E-state index in [4.69, 9.17) is 55.8 Å². The first kappa shape index (κ1) is 20.5. The van der Waals surface area contributed by atoms with Crippen LogP contribution in [0, 0.1) is 6.92 Å². The second-order valence-electron chi connectivity index (χ2n) is 5.46. The van der Waals surface area contributed by atoms with Gasteiger partial charge in [-0.15, -0.1) is 0 Å². The van der Waals surface area contributed by atoms with Crippen LogP contribution in [0.15, 0.2) is 46.1 Å². The Morgan fingerprint density at radius 3 is 2.54 bits per heavy atom. The molecule has 1 aromatic heterocycles. The van der Waals surface area contributed by atoms with Crippen molar-refractivity contribution in [2.75, 3.05) is 5.32 Å². The van der Waals surface area contributed by atoms with Crippen LogP contribution >= 0.6 is 46.4 Å². The number of rotatable bonds is 4. The van der Waals surface area contributed by atoms with Crippen molar-refractivity contribution in [1.82, 2.24) is 5.16 Å². The van der Waals surface area contributed by atoms with E-state index in [1.165, 1.54) is 6.21 Å². The van der Waals surface area contributed by atoms with E-state index in [9.17, 15) is 4.79 Å². The third-order valence-corrected chi connectivity index (χ3v) is 4.77. The predicted octanol–water partition coefficient (Wildman–Crippen LogP) is 6.85. The number of hydrogen-bond acceptors (Lipinski definition) is 5. The number of aryl methyl sites for hydroxylation is 1. The molecule has 3 aromatic rings. The van der Waals surface area contributed by atoms with Gasteiger partial charge in [0.25, 0.3) is 0 Å². The minimum Gasteiger partial charge on any atom is -0.359 e. The van der Waals surface area contributed by atoms with Gasteiger partial charge in [-0.3, -0.25) is 10.2 Å². The maximum Gasteiger partial charge on any atom is 0.438 e. The van der Waals surface area contributed by atoms with Crippen LogP contribution < -0.4 is 5.32 Å². The summed E-state index contributed by atoms with van der Waals surface area (Å²) in [6.07, 6.45) is 0.418. The normalized spacial score (nSPS) is 11.0. The van der Waals surface area contributed by atoms with Gasteiger partial charge < -0.3 is 4.52 Å². The molecule has 1 N–H and O–H groups in total. The highest BCUT2D eigenvalue weighted by atomic mass is 35.5. The van der Waals surface area contributed by atoms with Gasteiger partial charge >= 0.3 is 6.09 Å². The Morgan fingerprint density at radius 2 is 1.86 bits per heavy atom. The maximum atomic E-state index is 12.1. The van der Waals surface area contributed by atoms with E-state index in [-0.39, 0.29) is 11.4 Å². The first-order chi connectivity index (χ1) is 13.4. The lowest BCUT2D eigenvalue weighted by atomic mass is 10.1. The lowest BCUT2D eigenvalue weighted by Gasteiger charge is -2.07. The average Bonchev–Trinajstić information content (AvgIpc) is 2.97. The topological polar surface area (TPSA) is 76.7 Å². The Balaban J connectivity index is 1.76. The van der Waals surface area contributed by atoms with E-state index in [1.807, 2.05) is 0 Å². The highest BCUT2D eigenvalue weighted by molar-refractivity contribution is 6.39. The van der Waals surface area contributed by atoms with E-state index in [1.54, 1.807) is 43.3 Å². The Kier molecular flexibility index (Phi) is 6.46. The number of anilines is 1. The number of halogens is 4. The van der Waals surface area contributed by atoms with Crippen molar-refractivity contribution in [3.63, 3.8) is 0 Å². The molecule has 2 aromatic carbocycles. The fraction of sp³-hybridized carbons (Fsp3) is 0.0556. The minimum atomic E-state index is -0.864. The summed E-state index contributed by atoms with van der Waals surface area (Å²) < 4.78 is 5.16. The zero-order valence-electron chi connectivity index (χ0n) is 14.2. The van der Waals surface area contributed by atoms with Gasteiger partial charge in [-0.1, -0.05) is 68.8 Å². The molecule has 10 heteroatoms. The van der Waals surface area contributed by atoms with Crippen LogP contribution in [-0.2, 0) is 4.84 Å². The molecule has 3 rings (SSSR count). The number of aromatic nitrogens is 1. The molecule has 6 nitrogen and oxygen atoms in total. The van der Waals surface area contributed by atoms with Crippen molar-refractivity contribution in [3.8, 4) is 11.3 Å². The first-order valence-corrected chi connectivity index (χ1v) is 9.25. The zero-order chi connectivity index (χ0) is 20.3. The SMILES string of the molecule is Cc1onc(-c2c(Cl)cccc2Cl)c1NC(=O)O/N=C/c1ccc(Cl)cc1Cl. The van der Waals surface area contributed by atoms with E-state index in [0.29, 0.717) is 37.0 Å². The number of benzene rings is 2. The fourth-order valence-electron chi connectivity index (χ4n) is 2.28. The third-order valence-electron chi connectivity index (χ3n) is 3.58. The summed E-state index contributed by atoms with van der Waals surface area (Å²) in [6.45, 7) is 1.62. The van der Waals surface area contributed by atoms with Gasteiger partial charge in [0.2, 0.25) is 0 Å². The Bertz CT molecular complexity index is 1050. The maximum absolute atomic E-state index is 12.1. The second kappa shape index (κ2) is 8.84. The molecule has 0 saturated heterocycles. The molecule has 0 aliphatic carbocycles. The smallest absolute Gasteiger partial charge is 0.359 e. The van der Waals surface area contributed by atoms with Gasteiger partial charge in [-0.2, -0.15) is 0 Å². The summed E-state index contributed by atoms with van der Waals surface area (Å²) in [5, 5.41) is 11.6. The summed E-state index contributed by atoms with van der Waals surface area (Å²) in [5.41, 5.74) is 1.49. The van der Waals surface area contributed by atoms with Gasteiger partial charge in [-0.05, 0) is 31.2 Å². The molecule has 0 bridgehead atoms. The highest BCUT2D eigenvalue weighted by Crippen LogP contribution is 2.39. The molecule has 144 valence electrons. The monoisotopic (exact) mass is 457 g/mol. The molecule has 0 unspecified atom stereocenters. The fourth-order valence-corrected chi connectivity index (χ4v) is 3.31. The van der Waals surface area contributed by atoms with Crippen molar-refractivity contribution in [3.05, 3.63) is 67.8 Å². The van der Waals surface area contributed by atoms with Crippen LogP contribution in [0.3, 0.4) is 0 Å². The summed E-state index contributed by atoms with van der Waals surface area (Å²) in [6, 6.07) is 9.81. The molecule has 0 radical (unpaired) electrons. The van der Waals surface area contributed by atoms with E-state index < -0.39 is 6.09 Å². The Hall–Kier alpha value is -2.25.